The lowest BCUT2D eigenvalue weighted by molar-refractivity contribution is 0.0794. The molecule has 0 bridgehead atoms. The first-order valence-corrected chi connectivity index (χ1v) is 5.77. The largest absolute Gasteiger partial charge is 0.376 e. The van der Waals surface area contributed by atoms with Gasteiger partial charge in [0.05, 0.1) is 12.1 Å². The molecule has 0 amide bonds. The molecule has 0 aromatic carbocycles. The predicted octanol–water partition coefficient (Wildman–Crippen LogP) is 1.74. The molecule has 14 heavy (non-hydrogen) atoms. The lowest BCUT2D eigenvalue weighted by atomic mass is 10.1. The highest BCUT2D eigenvalue weighted by Gasteiger charge is 2.27. The minimum Gasteiger partial charge on any atom is -0.376 e. The molecule has 0 saturated carbocycles. The van der Waals surface area contributed by atoms with Gasteiger partial charge in [0, 0.05) is 16.4 Å². The molecule has 2 atom stereocenters. The van der Waals surface area contributed by atoms with E-state index in [1.807, 2.05) is 0 Å². The molecule has 1 saturated heterocycles. The fourth-order valence-corrected chi connectivity index (χ4v) is 2.85. The fourth-order valence-electron chi connectivity index (χ4n) is 1.86. The molecule has 0 radical (unpaired) electrons. The van der Waals surface area contributed by atoms with Crippen LogP contribution in [0.25, 0.3) is 0 Å². The molecule has 1 aliphatic rings. The SMILES string of the molecule is Cc1ccc(C(NN)C2CCCO2)s1. The summed E-state index contributed by atoms with van der Waals surface area (Å²) in [6, 6.07) is 4.42. The maximum absolute atomic E-state index is 5.63. The van der Waals surface area contributed by atoms with E-state index in [-0.39, 0.29) is 12.1 Å². The quantitative estimate of drug-likeness (QED) is 0.592. The van der Waals surface area contributed by atoms with Gasteiger partial charge in [0.25, 0.3) is 0 Å². The van der Waals surface area contributed by atoms with Gasteiger partial charge >= 0.3 is 0 Å². The predicted molar refractivity (Wildman–Crippen MR) is 58.1 cm³/mol. The Bertz CT molecular complexity index is 294. The highest BCUT2D eigenvalue weighted by Crippen LogP contribution is 2.30. The number of nitrogens with one attached hydrogen (secondary N) is 1. The summed E-state index contributed by atoms with van der Waals surface area (Å²) in [5.74, 6) is 5.57. The van der Waals surface area contributed by atoms with Crippen LogP contribution in [0.5, 0.6) is 0 Å². The average Bonchev–Trinajstić information content (AvgIpc) is 2.79. The lowest BCUT2D eigenvalue weighted by Crippen LogP contribution is -2.35. The van der Waals surface area contributed by atoms with Gasteiger partial charge in [-0.3, -0.25) is 5.84 Å². The molecule has 1 aromatic heterocycles. The van der Waals surface area contributed by atoms with Crippen molar-refractivity contribution in [2.24, 2.45) is 5.84 Å². The first-order chi connectivity index (χ1) is 6.81. The third-order valence-corrected chi connectivity index (χ3v) is 3.67. The zero-order valence-corrected chi connectivity index (χ0v) is 9.14. The van der Waals surface area contributed by atoms with Crippen LogP contribution in [-0.2, 0) is 4.74 Å². The summed E-state index contributed by atoms with van der Waals surface area (Å²) in [7, 11) is 0. The first kappa shape index (κ1) is 10.1. The monoisotopic (exact) mass is 212 g/mol. The maximum atomic E-state index is 5.63. The van der Waals surface area contributed by atoms with E-state index < -0.39 is 0 Å². The Morgan fingerprint density at radius 2 is 2.50 bits per heavy atom. The van der Waals surface area contributed by atoms with Crippen LogP contribution < -0.4 is 11.3 Å². The van der Waals surface area contributed by atoms with Crippen molar-refractivity contribution in [2.45, 2.75) is 31.9 Å². The molecule has 78 valence electrons. The minimum absolute atomic E-state index is 0.163. The van der Waals surface area contributed by atoms with E-state index in [4.69, 9.17) is 10.6 Å². The molecule has 1 aliphatic heterocycles. The number of hydrogen-bond acceptors (Lipinski definition) is 4. The Morgan fingerprint density at radius 3 is 3.00 bits per heavy atom. The van der Waals surface area contributed by atoms with Crippen molar-refractivity contribution in [3.63, 3.8) is 0 Å². The van der Waals surface area contributed by atoms with E-state index in [1.54, 1.807) is 11.3 Å². The van der Waals surface area contributed by atoms with E-state index in [2.05, 4.69) is 24.5 Å². The van der Waals surface area contributed by atoms with Crippen molar-refractivity contribution in [2.75, 3.05) is 6.61 Å². The standard InChI is InChI=1S/C10H16N2OS/c1-7-4-5-9(14-7)10(12-11)8-3-2-6-13-8/h4-5,8,10,12H,2-3,6,11H2,1H3. The highest BCUT2D eigenvalue weighted by atomic mass is 32.1. The Balaban J connectivity index is 2.12. The van der Waals surface area contributed by atoms with Gasteiger partial charge < -0.3 is 4.74 Å². The van der Waals surface area contributed by atoms with E-state index in [1.165, 1.54) is 9.75 Å². The third-order valence-electron chi connectivity index (χ3n) is 2.58. The van der Waals surface area contributed by atoms with Crippen LogP contribution in [0, 0.1) is 6.92 Å². The summed E-state index contributed by atoms with van der Waals surface area (Å²) in [6.45, 7) is 2.98. The van der Waals surface area contributed by atoms with E-state index in [0.717, 1.165) is 19.4 Å². The van der Waals surface area contributed by atoms with Crippen LogP contribution in [0.1, 0.15) is 28.6 Å². The van der Waals surface area contributed by atoms with Crippen molar-refractivity contribution >= 4 is 11.3 Å². The molecule has 0 spiro atoms. The molecular formula is C10H16N2OS. The maximum Gasteiger partial charge on any atom is 0.0814 e. The second-order valence-corrected chi connectivity index (χ2v) is 4.96. The van der Waals surface area contributed by atoms with E-state index in [0.29, 0.717) is 0 Å². The highest BCUT2D eigenvalue weighted by molar-refractivity contribution is 7.12. The minimum atomic E-state index is 0.163. The van der Waals surface area contributed by atoms with Crippen LogP contribution in [0.2, 0.25) is 0 Å². The molecule has 4 heteroatoms. The summed E-state index contributed by atoms with van der Waals surface area (Å²) in [6.07, 6.45) is 2.50. The van der Waals surface area contributed by atoms with Crippen molar-refractivity contribution < 1.29 is 4.74 Å². The smallest absolute Gasteiger partial charge is 0.0814 e. The van der Waals surface area contributed by atoms with Crippen LogP contribution in [-0.4, -0.2) is 12.7 Å². The molecule has 3 N–H and O–H groups in total. The van der Waals surface area contributed by atoms with Gasteiger partial charge in [-0.1, -0.05) is 0 Å². The van der Waals surface area contributed by atoms with Crippen molar-refractivity contribution in [1.82, 2.24) is 5.43 Å². The van der Waals surface area contributed by atoms with Gasteiger partial charge in [0.1, 0.15) is 0 Å². The lowest BCUT2D eigenvalue weighted by Gasteiger charge is -2.20. The molecule has 3 nitrogen and oxygen atoms in total. The van der Waals surface area contributed by atoms with Crippen LogP contribution in [0.4, 0.5) is 0 Å². The van der Waals surface area contributed by atoms with E-state index >= 15 is 0 Å². The van der Waals surface area contributed by atoms with Crippen LogP contribution in [0.15, 0.2) is 12.1 Å². The summed E-state index contributed by atoms with van der Waals surface area (Å²) < 4.78 is 5.63. The van der Waals surface area contributed by atoms with Crippen molar-refractivity contribution in [1.29, 1.82) is 0 Å². The third kappa shape index (κ3) is 1.98. The molecule has 2 rings (SSSR count). The first-order valence-electron chi connectivity index (χ1n) is 4.95. The normalized spacial score (nSPS) is 24.0. The second kappa shape index (κ2) is 4.40. The topological polar surface area (TPSA) is 47.3 Å². The van der Waals surface area contributed by atoms with Crippen LogP contribution >= 0.6 is 11.3 Å². The van der Waals surface area contributed by atoms with Gasteiger partial charge in [-0.2, -0.15) is 0 Å². The molecule has 2 heterocycles. The number of aryl methyl sites for hydroxylation is 1. The summed E-state index contributed by atoms with van der Waals surface area (Å²) in [4.78, 5) is 2.59. The second-order valence-electron chi connectivity index (χ2n) is 3.64. The summed E-state index contributed by atoms with van der Waals surface area (Å²) in [5.41, 5.74) is 2.86. The summed E-state index contributed by atoms with van der Waals surface area (Å²) in [5, 5.41) is 0. The number of nitrogens with two attached hydrogens (primary N) is 1. The zero-order valence-electron chi connectivity index (χ0n) is 8.32. The molecular weight excluding hydrogens is 196 g/mol. The van der Waals surface area contributed by atoms with Gasteiger partial charge in [-0.25, -0.2) is 5.43 Å². The van der Waals surface area contributed by atoms with Crippen molar-refractivity contribution in [3.05, 3.63) is 21.9 Å². The molecule has 1 fully saturated rings. The average molecular weight is 212 g/mol. The number of rotatable bonds is 3. The molecule has 1 aromatic rings. The number of thiophene rings is 1. The Hall–Kier alpha value is -0.420. The van der Waals surface area contributed by atoms with E-state index in [9.17, 15) is 0 Å². The zero-order chi connectivity index (χ0) is 9.97. The summed E-state index contributed by atoms with van der Waals surface area (Å²) >= 11 is 1.78. The fraction of sp³-hybridized carbons (Fsp3) is 0.600. The molecule has 2 unspecified atom stereocenters. The van der Waals surface area contributed by atoms with Gasteiger partial charge in [-0.15, -0.1) is 11.3 Å². The van der Waals surface area contributed by atoms with Gasteiger partial charge in [0.15, 0.2) is 0 Å². The van der Waals surface area contributed by atoms with Gasteiger partial charge in [-0.05, 0) is 31.9 Å². The van der Waals surface area contributed by atoms with Crippen molar-refractivity contribution in [3.8, 4) is 0 Å². The number of hydrazine groups is 1. The number of hydrogen-bond donors (Lipinski definition) is 2. The Morgan fingerprint density at radius 1 is 1.64 bits per heavy atom. The molecule has 0 aliphatic carbocycles. The Labute approximate surface area is 88.2 Å². The Kier molecular flexibility index (Phi) is 3.18. The van der Waals surface area contributed by atoms with Crippen LogP contribution in [0.3, 0.4) is 0 Å². The van der Waals surface area contributed by atoms with Gasteiger partial charge in [0.2, 0.25) is 0 Å². The number of ether oxygens (including phenoxy) is 1.